The number of carbonyl (C=O) groups is 1. The summed E-state index contributed by atoms with van der Waals surface area (Å²) in [7, 11) is -4.16. The van der Waals surface area contributed by atoms with Crippen LogP contribution in [0.3, 0.4) is 0 Å². The van der Waals surface area contributed by atoms with Crippen LogP contribution in [0.25, 0.3) is 0 Å². The van der Waals surface area contributed by atoms with Crippen LogP contribution in [0.1, 0.15) is 11.1 Å². The van der Waals surface area contributed by atoms with E-state index in [0.29, 0.717) is 25.5 Å². The van der Waals surface area contributed by atoms with Gasteiger partial charge in [0, 0.05) is 16.2 Å². The van der Waals surface area contributed by atoms with Gasteiger partial charge in [0.15, 0.2) is 0 Å². The first-order chi connectivity index (χ1) is 13.8. The van der Waals surface area contributed by atoms with Crippen LogP contribution in [-0.2, 0) is 23.3 Å². The van der Waals surface area contributed by atoms with E-state index in [-0.39, 0.29) is 18.9 Å². The molecule has 4 rings (SSSR count). The van der Waals surface area contributed by atoms with Gasteiger partial charge in [0.05, 0.1) is 13.1 Å². The molecule has 150 valence electrons. The van der Waals surface area contributed by atoms with Gasteiger partial charge in [-0.1, -0.05) is 41.4 Å². The van der Waals surface area contributed by atoms with Gasteiger partial charge in [0.1, 0.15) is 11.6 Å². The Morgan fingerprint density at radius 3 is 2.48 bits per heavy atom. The number of hydrogen-bond acceptors (Lipinski definition) is 3. The summed E-state index contributed by atoms with van der Waals surface area (Å²) >= 11 is 12.2. The Morgan fingerprint density at radius 1 is 0.966 bits per heavy atom. The van der Waals surface area contributed by atoms with Gasteiger partial charge in [-0.3, -0.25) is 4.90 Å². The molecule has 2 aromatic carbocycles. The lowest BCUT2D eigenvalue weighted by Gasteiger charge is -2.36. The molecule has 1 aliphatic rings. The highest BCUT2D eigenvalue weighted by Gasteiger charge is 2.41. The lowest BCUT2D eigenvalue weighted by atomic mass is 10.2. The summed E-state index contributed by atoms with van der Waals surface area (Å²) in [6.45, 7) is -0.268. The molecule has 0 atom stereocenters. The third-order valence-electron chi connectivity index (χ3n) is 4.50. The molecule has 3 aromatic rings. The second kappa shape index (κ2) is 7.37. The predicted molar refractivity (Wildman–Crippen MR) is 109 cm³/mol. The van der Waals surface area contributed by atoms with Crippen molar-refractivity contribution in [3.8, 4) is 0 Å². The molecule has 0 bridgehead atoms. The molecule has 0 N–H and O–H groups in total. The molecule has 0 aliphatic carbocycles. The zero-order valence-electron chi connectivity index (χ0n) is 14.8. The highest BCUT2D eigenvalue weighted by molar-refractivity contribution is 7.88. The lowest BCUT2D eigenvalue weighted by Crippen LogP contribution is -2.52. The highest BCUT2D eigenvalue weighted by Crippen LogP contribution is 2.32. The quantitative estimate of drug-likeness (QED) is 0.576. The topological polar surface area (TPSA) is 62.6 Å². The number of carbonyl (C=O) groups excluding carboxylic acids is 1. The number of halogens is 3. The van der Waals surface area contributed by atoms with Gasteiger partial charge < -0.3 is 0 Å². The number of nitrogens with zero attached hydrogens (tertiary/aromatic N) is 3. The summed E-state index contributed by atoms with van der Waals surface area (Å²) in [5.74, 6) is -0.327. The molecule has 0 fully saturated rings. The molecule has 0 saturated carbocycles. The van der Waals surface area contributed by atoms with E-state index in [4.69, 9.17) is 23.2 Å². The summed E-state index contributed by atoms with van der Waals surface area (Å²) in [5, 5.41) is 0.802. The molecule has 2 heterocycles. The second-order valence-electron chi connectivity index (χ2n) is 6.41. The van der Waals surface area contributed by atoms with Crippen molar-refractivity contribution in [3.05, 3.63) is 87.8 Å². The van der Waals surface area contributed by atoms with Crippen LogP contribution in [0.2, 0.25) is 10.0 Å². The van der Waals surface area contributed by atoms with E-state index in [0.717, 1.165) is 3.97 Å². The van der Waals surface area contributed by atoms with Crippen LogP contribution < -0.4 is 4.90 Å². The first kappa shape index (κ1) is 19.8. The van der Waals surface area contributed by atoms with E-state index < -0.39 is 22.1 Å². The van der Waals surface area contributed by atoms with E-state index in [1.807, 2.05) is 0 Å². The molecule has 6 nitrogen and oxygen atoms in total. The normalized spacial score (nSPS) is 15.5. The van der Waals surface area contributed by atoms with Crippen molar-refractivity contribution in [1.29, 1.82) is 0 Å². The van der Waals surface area contributed by atoms with Crippen molar-refractivity contribution in [1.82, 2.24) is 8.28 Å². The Labute approximate surface area is 176 Å². The first-order valence-electron chi connectivity index (χ1n) is 8.48. The fraction of sp³-hybridized carbons (Fsp3) is 0.105. The summed E-state index contributed by atoms with van der Waals surface area (Å²) in [5.41, 5.74) is 0.948. The van der Waals surface area contributed by atoms with Gasteiger partial charge in [-0.15, -0.1) is 0 Å². The maximum Gasteiger partial charge on any atom is 0.341 e. The third kappa shape index (κ3) is 3.59. The van der Waals surface area contributed by atoms with Gasteiger partial charge in [-0.25, -0.2) is 13.2 Å². The summed E-state index contributed by atoms with van der Waals surface area (Å²) in [6.07, 6.45) is 1.35. The first-order valence-corrected chi connectivity index (χ1v) is 10.6. The molecular weight excluding hydrogens is 440 g/mol. The van der Waals surface area contributed by atoms with Crippen molar-refractivity contribution in [2.24, 2.45) is 0 Å². The smallest absolute Gasteiger partial charge is 0.273 e. The molecular formula is C19H14Cl2FN3O3S. The van der Waals surface area contributed by atoms with Crippen molar-refractivity contribution >= 4 is 45.3 Å². The summed E-state index contributed by atoms with van der Waals surface area (Å²) in [4.78, 5) is 14.5. The standard InChI is InChI=1S/C19H14Cl2FN3O3S/c20-15-7-6-14(17(21)10-15)12-23-18-5-2-8-24(18)29(27,28)25(19(23)26)11-13-3-1-4-16(22)9-13/h1-10H,11-12H2. The highest BCUT2D eigenvalue weighted by atomic mass is 35.5. The minimum Gasteiger partial charge on any atom is -0.273 e. The number of anilines is 1. The molecule has 0 radical (unpaired) electrons. The number of aromatic nitrogens is 1. The van der Waals surface area contributed by atoms with E-state index in [9.17, 15) is 17.6 Å². The number of benzene rings is 2. The van der Waals surface area contributed by atoms with Crippen molar-refractivity contribution in [3.63, 3.8) is 0 Å². The van der Waals surface area contributed by atoms with Crippen LogP contribution >= 0.6 is 23.2 Å². The number of hydrogen-bond donors (Lipinski definition) is 0. The Bertz CT molecular complexity index is 1210. The second-order valence-corrected chi connectivity index (χ2v) is 8.98. The van der Waals surface area contributed by atoms with Gasteiger partial charge >= 0.3 is 16.2 Å². The van der Waals surface area contributed by atoms with Crippen LogP contribution in [0, 0.1) is 5.82 Å². The van der Waals surface area contributed by atoms with E-state index in [1.165, 1.54) is 41.4 Å². The van der Waals surface area contributed by atoms with Crippen LogP contribution in [-0.4, -0.2) is 22.7 Å². The fourth-order valence-corrected chi connectivity index (χ4v) is 5.03. The number of amides is 2. The van der Waals surface area contributed by atoms with E-state index >= 15 is 0 Å². The molecule has 10 heteroatoms. The monoisotopic (exact) mass is 453 g/mol. The Morgan fingerprint density at radius 2 is 1.76 bits per heavy atom. The number of rotatable bonds is 4. The number of urea groups is 1. The van der Waals surface area contributed by atoms with Crippen molar-refractivity contribution < 1.29 is 17.6 Å². The van der Waals surface area contributed by atoms with Crippen LogP contribution in [0.15, 0.2) is 60.8 Å². The van der Waals surface area contributed by atoms with Gasteiger partial charge in [-0.05, 0) is 47.5 Å². The number of fused-ring (bicyclic) bond motifs is 1. The third-order valence-corrected chi connectivity index (χ3v) is 6.73. The van der Waals surface area contributed by atoms with Gasteiger partial charge in [-0.2, -0.15) is 12.7 Å². The lowest BCUT2D eigenvalue weighted by molar-refractivity contribution is 0.225. The minimum absolute atomic E-state index is 0.0357. The van der Waals surface area contributed by atoms with Crippen LogP contribution in [0.5, 0.6) is 0 Å². The zero-order chi connectivity index (χ0) is 20.8. The average molecular weight is 454 g/mol. The van der Waals surface area contributed by atoms with Crippen LogP contribution in [0.4, 0.5) is 15.0 Å². The molecule has 0 unspecified atom stereocenters. The summed E-state index contributed by atoms with van der Waals surface area (Å²) in [6, 6.07) is 12.6. The molecule has 1 aromatic heterocycles. The Hall–Kier alpha value is -2.55. The maximum atomic E-state index is 13.5. The van der Waals surface area contributed by atoms with Crippen molar-refractivity contribution in [2.45, 2.75) is 13.1 Å². The molecule has 2 amide bonds. The maximum absolute atomic E-state index is 13.5. The minimum atomic E-state index is -4.16. The molecule has 0 saturated heterocycles. The predicted octanol–water partition coefficient (Wildman–Crippen LogP) is 4.67. The van der Waals surface area contributed by atoms with E-state index in [2.05, 4.69) is 0 Å². The van der Waals surface area contributed by atoms with Gasteiger partial charge in [0.2, 0.25) is 0 Å². The zero-order valence-corrected chi connectivity index (χ0v) is 17.1. The Kier molecular flexibility index (Phi) is 5.02. The van der Waals surface area contributed by atoms with Crippen molar-refractivity contribution in [2.75, 3.05) is 4.90 Å². The van der Waals surface area contributed by atoms with E-state index in [1.54, 1.807) is 24.3 Å². The average Bonchev–Trinajstić information content (AvgIpc) is 3.15. The largest absolute Gasteiger partial charge is 0.341 e. The SMILES string of the molecule is O=C1N(Cc2ccc(Cl)cc2Cl)c2cccn2S(=O)(=O)N1Cc1cccc(F)c1. The fourth-order valence-electron chi connectivity index (χ4n) is 3.12. The molecule has 0 spiro atoms. The summed E-state index contributed by atoms with van der Waals surface area (Å²) < 4.78 is 41.2. The molecule has 29 heavy (non-hydrogen) atoms. The van der Waals surface area contributed by atoms with Gasteiger partial charge in [0.25, 0.3) is 0 Å². The Balaban J connectivity index is 1.75. The molecule has 1 aliphatic heterocycles.